The lowest BCUT2D eigenvalue weighted by molar-refractivity contribution is -0.128. The van der Waals surface area contributed by atoms with Gasteiger partial charge in [0.25, 0.3) is 5.91 Å². The number of nitrogens with one attached hydrogen (secondary N) is 1. The molecule has 1 saturated heterocycles. The molecule has 0 unspecified atom stereocenters. The lowest BCUT2D eigenvalue weighted by Crippen LogP contribution is -2.25. The van der Waals surface area contributed by atoms with Crippen molar-refractivity contribution in [2.45, 2.75) is 51.0 Å². The Hall–Kier alpha value is -4.82. The monoisotopic (exact) mass is 638 g/mol. The number of ether oxygens (including phenoxy) is 1. The van der Waals surface area contributed by atoms with Crippen LogP contribution < -0.4 is 15.5 Å². The molecule has 0 atom stereocenters. The highest BCUT2D eigenvalue weighted by Gasteiger charge is 2.25. The minimum absolute atomic E-state index is 0.126. The fourth-order valence-electron chi connectivity index (χ4n) is 6.31. The zero-order chi connectivity index (χ0) is 32.2. The fraction of sp³-hybridized carbons (Fsp3) is 0.270. The van der Waals surface area contributed by atoms with Crippen LogP contribution in [0.15, 0.2) is 93.3 Å². The summed E-state index contributed by atoms with van der Waals surface area (Å²) in [6, 6.07) is 19.5. The first-order valence-corrected chi connectivity index (χ1v) is 15.8. The van der Waals surface area contributed by atoms with E-state index in [2.05, 4.69) is 23.5 Å². The molecule has 4 aromatic rings. The topological polar surface area (TPSA) is 109 Å². The van der Waals surface area contributed by atoms with Crippen LogP contribution in [0, 0.1) is 0 Å². The molecule has 8 nitrogen and oxygen atoms in total. The number of carbonyl (C=O) groups is 2. The molecule has 0 radical (unpaired) electrons. The number of phenolic OH excluding ortho intramolecular Hbond substituents is 1. The molecule has 2 aliphatic rings. The molecule has 9 heteroatoms. The Labute approximate surface area is 271 Å². The van der Waals surface area contributed by atoms with Crippen LogP contribution in [0.4, 0.5) is 0 Å². The third-order valence-electron chi connectivity index (χ3n) is 8.72. The van der Waals surface area contributed by atoms with Crippen molar-refractivity contribution >= 4 is 40.5 Å². The molecule has 3 aromatic carbocycles. The number of aromatic hydroxyl groups is 1. The Morgan fingerprint density at radius 3 is 2.54 bits per heavy atom. The molecular formula is C37H35ClN2O6. The highest BCUT2D eigenvalue weighted by atomic mass is 35.5. The molecule has 236 valence electrons. The fourth-order valence-corrected chi connectivity index (χ4v) is 6.44. The van der Waals surface area contributed by atoms with Crippen LogP contribution in [-0.2, 0) is 11.3 Å². The molecule has 2 N–H and O–H groups in total. The zero-order valence-electron chi connectivity index (χ0n) is 25.6. The average molecular weight is 639 g/mol. The summed E-state index contributed by atoms with van der Waals surface area (Å²) >= 11 is 6.10. The zero-order valence-corrected chi connectivity index (χ0v) is 26.3. The van der Waals surface area contributed by atoms with Gasteiger partial charge in [-0.2, -0.15) is 0 Å². The molecule has 6 rings (SSSR count). The van der Waals surface area contributed by atoms with E-state index in [9.17, 15) is 19.5 Å². The van der Waals surface area contributed by atoms with Crippen molar-refractivity contribution < 1.29 is 23.8 Å². The lowest BCUT2D eigenvalue weighted by Gasteiger charge is -2.28. The average Bonchev–Trinajstić information content (AvgIpc) is 3.46. The maximum Gasteiger partial charge on any atom is 0.291 e. The van der Waals surface area contributed by atoms with Crippen molar-refractivity contribution in [2.75, 3.05) is 13.7 Å². The van der Waals surface area contributed by atoms with Crippen LogP contribution >= 0.6 is 11.6 Å². The number of hydrogen-bond donors (Lipinski definition) is 2. The lowest BCUT2D eigenvalue weighted by atomic mass is 9.79. The van der Waals surface area contributed by atoms with Gasteiger partial charge in [-0.1, -0.05) is 53.6 Å². The van der Waals surface area contributed by atoms with Gasteiger partial charge in [-0.05, 0) is 85.1 Å². The van der Waals surface area contributed by atoms with E-state index in [1.165, 1.54) is 35.9 Å². The summed E-state index contributed by atoms with van der Waals surface area (Å²) < 4.78 is 10.9. The van der Waals surface area contributed by atoms with Crippen LogP contribution in [0.5, 0.6) is 11.5 Å². The van der Waals surface area contributed by atoms with Gasteiger partial charge in [-0.25, -0.2) is 0 Å². The number of rotatable bonds is 8. The Morgan fingerprint density at radius 2 is 1.83 bits per heavy atom. The Bertz CT molecular complexity index is 1900. The summed E-state index contributed by atoms with van der Waals surface area (Å²) in [6.45, 7) is 1.48. The first-order chi connectivity index (χ1) is 22.3. The number of carbonyl (C=O) groups excluding carboxylic acids is 2. The van der Waals surface area contributed by atoms with Crippen molar-refractivity contribution in [3.63, 3.8) is 0 Å². The Balaban J connectivity index is 1.23. The van der Waals surface area contributed by atoms with Crippen molar-refractivity contribution in [3.8, 4) is 11.5 Å². The van der Waals surface area contributed by atoms with E-state index in [-0.39, 0.29) is 34.1 Å². The Morgan fingerprint density at radius 1 is 1.07 bits per heavy atom. The third-order valence-corrected chi connectivity index (χ3v) is 8.97. The standard InChI is InChI=1S/C37H35ClN2O6/c1-45-34-21-33-30(19-32(34)42)31(41)20-35(46-33)37(44)39-28(18-24-10-14-27(38)15-11-24)17-23-8-12-25(13-9-23)29-6-3-2-5-26(29)22-40-16-4-7-36(40)43/h2-3,5-6,10-11,14-15,17-21,25,42H,4,7-9,12-13,16,22H2,1H3,(H,39,44)/b23-17?,28-18-. The summed E-state index contributed by atoms with van der Waals surface area (Å²) in [4.78, 5) is 40.5. The molecule has 1 aromatic heterocycles. The molecule has 0 bridgehead atoms. The molecule has 2 amide bonds. The van der Waals surface area contributed by atoms with E-state index in [0.29, 0.717) is 29.6 Å². The minimum atomic E-state index is -0.581. The van der Waals surface area contributed by atoms with Gasteiger partial charge in [0.05, 0.1) is 12.5 Å². The predicted molar refractivity (Wildman–Crippen MR) is 178 cm³/mol. The maximum absolute atomic E-state index is 13.5. The number of fused-ring (bicyclic) bond motifs is 1. The summed E-state index contributed by atoms with van der Waals surface area (Å²) in [6.07, 6.45) is 9.02. The van der Waals surface area contributed by atoms with Gasteiger partial charge in [0, 0.05) is 42.4 Å². The van der Waals surface area contributed by atoms with Gasteiger partial charge in [-0.3, -0.25) is 14.4 Å². The number of benzene rings is 3. The summed E-state index contributed by atoms with van der Waals surface area (Å²) in [5.41, 5.74) is 4.79. The van der Waals surface area contributed by atoms with Gasteiger partial charge < -0.3 is 24.5 Å². The SMILES string of the molecule is COc1cc2oc(C(=O)N/C(C=C3CCC(c4ccccc4CN4CCCC4=O)CC3)=C\c3ccc(Cl)cc3)cc(=O)c2cc1O. The number of methoxy groups -OCH3 is 1. The molecule has 2 heterocycles. The third kappa shape index (κ3) is 7.02. The van der Waals surface area contributed by atoms with Crippen molar-refractivity contribution in [3.05, 3.63) is 122 Å². The number of halogens is 1. The molecule has 46 heavy (non-hydrogen) atoms. The molecular weight excluding hydrogens is 604 g/mol. The largest absolute Gasteiger partial charge is 0.504 e. The van der Waals surface area contributed by atoms with E-state index >= 15 is 0 Å². The molecule has 2 fully saturated rings. The first-order valence-electron chi connectivity index (χ1n) is 15.5. The maximum atomic E-state index is 13.5. The van der Waals surface area contributed by atoms with E-state index in [1.54, 1.807) is 12.1 Å². The van der Waals surface area contributed by atoms with Crippen molar-refractivity contribution in [2.24, 2.45) is 0 Å². The molecule has 1 aliphatic heterocycles. The van der Waals surface area contributed by atoms with Crippen molar-refractivity contribution in [1.82, 2.24) is 10.2 Å². The van der Waals surface area contributed by atoms with Gasteiger partial charge in [0.1, 0.15) is 5.58 Å². The number of hydrogen-bond acceptors (Lipinski definition) is 6. The second kappa shape index (κ2) is 13.7. The number of allylic oxidation sites excluding steroid dienone is 2. The molecule has 0 spiro atoms. The predicted octanol–water partition coefficient (Wildman–Crippen LogP) is 7.34. The van der Waals surface area contributed by atoms with E-state index < -0.39 is 11.3 Å². The second-order valence-corrected chi connectivity index (χ2v) is 12.2. The van der Waals surface area contributed by atoms with Gasteiger partial charge in [0.15, 0.2) is 22.7 Å². The quantitative estimate of drug-likeness (QED) is 0.209. The normalized spacial score (nSPS) is 17.0. The first kappa shape index (κ1) is 31.2. The van der Waals surface area contributed by atoms with Gasteiger partial charge >= 0.3 is 0 Å². The van der Waals surface area contributed by atoms with Crippen LogP contribution in [-0.4, -0.2) is 35.5 Å². The van der Waals surface area contributed by atoms with Gasteiger partial charge in [-0.15, -0.1) is 0 Å². The highest BCUT2D eigenvalue weighted by molar-refractivity contribution is 6.30. The Kier molecular flexibility index (Phi) is 9.26. The van der Waals surface area contributed by atoms with E-state index in [1.807, 2.05) is 35.3 Å². The molecule has 1 aliphatic carbocycles. The summed E-state index contributed by atoms with van der Waals surface area (Å²) in [7, 11) is 1.39. The van der Waals surface area contributed by atoms with E-state index in [4.69, 9.17) is 20.8 Å². The summed E-state index contributed by atoms with van der Waals surface area (Å²) in [5, 5.41) is 13.8. The van der Waals surface area contributed by atoms with Gasteiger partial charge in [0.2, 0.25) is 5.91 Å². The van der Waals surface area contributed by atoms with Crippen LogP contribution in [0.2, 0.25) is 5.02 Å². The van der Waals surface area contributed by atoms with Crippen LogP contribution in [0.3, 0.4) is 0 Å². The summed E-state index contributed by atoms with van der Waals surface area (Å²) in [5.74, 6) is -0.201. The smallest absolute Gasteiger partial charge is 0.291 e. The minimum Gasteiger partial charge on any atom is -0.504 e. The molecule has 1 saturated carbocycles. The van der Waals surface area contributed by atoms with Crippen LogP contribution in [0.25, 0.3) is 17.0 Å². The van der Waals surface area contributed by atoms with E-state index in [0.717, 1.165) is 50.3 Å². The van der Waals surface area contributed by atoms with Crippen LogP contribution in [0.1, 0.15) is 71.7 Å². The van der Waals surface area contributed by atoms with Crippen molar-refractivity contribution in [1.29, 1.82) is 0 Å². The number of likely N-dealkylation sites (tertiary alicyclic amines) is 1. The number of amides is 2. The second-order valence-electron chi connectivity index (χ2n) is 11.8. The highest BCUT2D eigenvalue weighted by Crippen LogP contribution is 2.38. The number of phenols is 1. The number of nitrogens with zero attached hydrogens (tertiary/aromatic N) is 1.